The van der Waals surface area contributed by atoms with Gasteiger partial charge in [0, 0.05) is 24.1 Å². The van der Waals surface area contributed by atoms with Crippen LogP contribution in [0.4, 0.5) is 0 Å². The Bertz CT molecular complexity index is 130. The normalized spacial score (nSPS) is 24.9. The lowest BCUT2D eigenvalue weighted by Crippen LogP contribution is -2.38. The van der Waals surface area contributed by atoms with Crippen molar-refractivity contribution in [1.82, 2.24) is 10.2 Å². The van der Waals surface area contributed by atoms with Crippen LogP contribution < -0.4 is 5.32 Å². The summed E-state index contributed by atoms with van der Waals surface area (Å²) in [5, 5.41) is 4.21. The van der Waals surface area contributed by atoms with Crippen molar-refractivity contribution < 1.29 is 0 Å². The molecule has 0 aliphatic carbocycles. The summed E-state index contributed by atoms with van der Waals surface area (Å²) in [5.41, 5.74) is 0. The van der Waals surface area contributed by atoms with Crippen molar-refractivity contribution in [3.05, 3.63) is 0 Å². The molecule has 1 fully saturated rings. The minimum absolute atomic E-state index is 0.841. The van der Waals surface area contributed by atoms with E-state index in [0.717, 1.165) is 11.8 Å². The Hall–Kier alpha value is 0.270. The van der Waals surface area contributed by atoms with Gasteiger partial charge in [0.05, 0.1) is 0 Å². The van der Waals surface area contributed by atoms with Crippen molar-refractivity contribution in [2.45, 2.75) is 25.5 Å². The molecule has 0 aromatic rings. The smallest absolute Gasteiger partial charge is 0.0147 e. The average Bonchev–Trinajstić information content (AvgIpc) is 2.13. The SMILES string of the molecule is CCNCCCN1CCSC(C)C1. The second kappa shape index (κ2) is 6.68. The number of hydrogen-bond acceptors (Lipinski definition) is 3. The molecule has 2 nitrogen and oxygen atoms in total. The van der Waals surface area contributed by atoms with Gasteiger partial charge in [0.25, 0.3) is 0 Å². The third-order valence-electron chi connectivity index (χ3n) is 2.40. The lowest BCUT2D eigenvalue weighted by Gasteiger charge is -2.30. The lowest BCUT2D eigenvalue weighted by molar-refractivity contribution is 0.282. The zero-order valence-corrected chi connectivity index (χ0v) is 9.70. The number of hydrogen-bond donors (Lipinski definition) is 1. The van der Waals surface area contributed by atoms with Gasteiger partial charge in [0.15, 0.2) is 0 Å². The molecule has 3 heteroatoms. The average molecular weight is 202 g/mol. The van der Waals surface area contributed by atoms with Crippen LogP contribution in [-0.4, -0.2) is 48.6 Å². The largest absolute Gasteiger partial charge is 0.317 e. The Labute approximate surface area is 86.5 Å². The fourth-order valence-corrected chi connectivity index (χ4v) is 2.78. The second-order valence-corrected chi connectivity index (χ2v) is 5.24. The Morgan fingerprint density at radius 3 is 3.08 bits per heavy atom. The highest BCUT2D eigenvalue weighted by Crippen LogP contribution is 2.17. The van der Waals surface area contributed by atoms with Crippen LogP contribution in [-0.2, 0) is 0 Å². The zero-order chi connectivity index (χ0) is 9.52. The van der Waals surface area contributed by atoms with Crippen LogP contribution in [0.25, 0.3) is 0 Å². The number of thioether (sulfide) groups is 1. The van der Waals surface area contributed by atoms with Crippen LogP contribution in [0.3, 0.4) is 0 Å². The summed E-state index contributed by atoms with van der Waals surface area (Å²) < 4.78 is 0. The van der Waals surface area contributed by atoms with E-state index in [9.17, 15) is 0 Å². The molecule has 0 amide bonds. The van der Waals surface area contributed by atoms with Gasteiger partial charge in [0.2, 0.25) is 0 Å². The topological polar surface area (TPSA) is 15.3 Å². The summed E-state index contributed by atoms with van der Waals surface area (Å²) in [7, 11) is 0. The second-order valence-electron chi connectivity index (χ2n) is 3.69. The summed E-state index contributed by atoms with van der Waals surface area (Å²) in [4.78, 5) is 2.60. The van der Waals surface area contributed by atoms with Crippen molar-refractivity contribution >= 4 is 11.8 Å². The van der Waals surface area contributed by atoms with Gasteiger partial charge in [-0.3, -0.25) is 0 Å². The summed E-state index contributed by atoms with van der Waals surface area (Å²) in [6, 6.07) is 0. The van der Waals surface area contributed by atoms with Gasteiger partial charge >= 0.3 is 0 Å². The fourth-order valence-electron chi connectivity index (χ4n) is 1.70. The van der Waals surface area contributed by atoms with Gasteiger partial charge < -0.3 is 10.2 Å². The molecule has 78 valence electrons. The molecule has 1 atom stereocenters. The van der Waals surface area contributed by atoms with E-state index in [-0.39, 0.29) is 0 Å². The first-order valence-electron chi connectivity index (χ1n) is 5.37. The van der Waals surface area contributed by atoms with E-state index in [0.29, 0.717) is 0 Å². The maximum absolute atomic E-state index is 3.37. The number of nitrogens with one attached hydrogen (secondary N) is 1. The van der Waals surface area contributed by atoms with Crippen LogP contribution in [0.1, 0.15) is 20.3 Å². The lowest BCUT2D eigenvalue weighted by atomic mass is 10.3. The van der Waals surface area contributed by atoms with E-state index >= 15 is 0 Å². The summed E-state index contributed by atoms with van der Waals surface area (Å²) in [5.74, 6) is 1.32. The van der Waals surface area contributed by atoms with Crippen molar-refractivity contribution in [2.24, 2.45) is 0 Å². The van der Waals surface area contributed by atoms with Crippen LogP contribution in [0.5, 0.6) is 0 Å². The maximum Gasteiger partial charge on any atom is 0.0147 e. The summed E-state index contributed by atoms with van der Waals surface area (Å²) >= 11 is 2.11. The molecule has 1 unspecified atom stereocenters. The summed E-state index contributed by atoms with van der Waals surface area (Å²) in [6.45, 7) is 10.6. The highest BCUT2D eigenvalue weighted by Gasteiger charge is 2.15. The van der Waals surface area contributed by atoms with Crippen molar-refractivity contribution in [2.75, 3.05) is 38.5 Å². The first kappa shape index (κ1) is 11.3. The molecule has 1 N–H and O–H groups in total. The van der Waals surface area contributed by atoms with Crippen LogP contribution >= 0.6 is 11.8 Å². The molecule has 0 aromatic heterocycles. The van der Waals surface area contributed by atoms with Crippen LogP contribution in [0, 0.1) is 0 Å². The Kier molecular flexibility index (Phi) is 5.83. The van der Waals surface area contributed by atoms with Gasteiger partial charge in [-0.05, 0) is 26.1 Å². The first-order chi connectivity index (χ1) is 6.33. The van der Waals surface area contributed by atoms with Crippen molar-refractivity contribution in [3.63, 3.8) is 0 Å². The minimum Gasteiger partial charge on any atom is -0.317 e. The van der Waals surface area contributed by atoms with Gasteiger partial charge in [-0.1, -0.05) is 13.8 Å². The predicted molar refractivity (Wildman–Crippen MR) is 61.5 cm³/mol. The third-order valence-corrected chi connectivity index (χ3v) is 3.54. The highest BCUT2D eigenvalue weighted by molar-refractivity contribution is 7.99. The standard InChI is InChI=1S/C10H22N2S/c1-3-11-5-4-6-12-7-8-13-10(2)9-12/h10-11H,3-9H2,1-2H3. The Morgan fingerprint density at radius 2 is 2.38 bits per heavy atom. The quantitative estimate of drug-likeness (QED) is 0.679. The summed E-state index contributed by atoms with van der Waals surface area (Å²) in [6.07, 6.45) is 1.30. The van der Waals surface area contributed by atoms with E-state index in [2.05, 4.69) is 35.8 Å². The van der Waals surface area contributed by atoms with Gasteiger partial charge in [-0.15, -0.1) is 0 Å². The monoisotopic (exact) mass is 202 g/mol. The molecule has 0 bridgehead atoms. The minimum atomic E-state index is 0.841. The molecule has 13 heavy (non-hydrogen) atoms. The van der Waals surface area contributed by atoms with E-state index in [1.54, 1.807) is 0 Å². The van der Waals surface area contributed by atoms with E-state index in [1.807, 2.05) is 0 Å². The van der Waals surface area contributed by atoms with E-state index in [4.69, 9.17) is 0 Å². The van der Waals surface area contributed by atoms with Crippen LogP contribution in [0.2, 0.25) is 0 Å². The first-order valence-corrected chi connectivity index (χ1v) is 6.42. The molecule has 0 radical (unpaired) electrons. The molecule has 0 spiro atoms. The Morgan fingerprint density at radius 1 is 1.54 bits per heavy atom. The number of rotatable bonds is 5. The predicted octanol–water partition coefficient (Wildman–Crippen LogP) is 1.42. The van der Waals surface area contributed by atoms with Gasteiger partial charge in [-0.25, -0.2) is 0 Å². The molecular formula is C10H22N2S. The number of nitrogens with zero attached hydrogens (tertiary/aromatic N) is 1. The molecule has 0 saturated carbocycles. The highest BCUT2D eigenvalue weighted by atomic mass is 32.2. The van der Waals surface area contributed by atoms with Gasteiger partial charge in [0.1, 0.15) is 0 Å². The van der Waals surface area contributed by atoms with E-state index < -0.39 is 0 Å². The molecule has 1 aliphatic rings. The maximum atomic E-state index is 3.37. The molecule has 1 rings (SSSR count). The molecule has 0 aromatic carbocycles. The molecule has 1 heterocycles. The van der Waals surface area contributed by atoms with Gasteiger partial charge in [-0.2, -0.15) is 11.8 Å². The molecule has 1 aliphatic heterocycles. The Balaban J connectivity index is 2.00. The molecule has 1 saturated heterocycles. The van der Waals surface area contributed by atoms with Crippen molar-refractivity contribution in [1.29, 1.82) is 0 Å². The third kappa shape index (κ3) is 4.89. The van der Waals surface area contributed by atoms with Crippen molar-refractivity contribution in [3.8, 4) is 0 Å². The van der Waals surface area contributed by atoms with Crippen LogP contribution in [0.15, 0.2) is 0 Å². The van der Waals surface area contributed by atoms with E-state index in [1.165, 1.54) is 38.4 Å². The molecular weight excluding hydrogens is 180 g/mol. The zero-order valence-electron chi connectivity index (χ0n) is 8.88. The fraction of sp³-hybridized carbons (Fsp3) is 1.00.